The minimum atomic E-state index is -0.696. The highest BCUT2D eigenvalue weighted by Gasteiger charge is 2.09. The summed E-state index contributed by atoms with van der Waals surface area (Å²) in [6, 6.07) is 5.22. The molecule has 76 valence electrons. The van der Waals surface area contributed by atoms with Crippen LogP contribution in [0.1, 0.15) is 24.2 Å². The maximum atomic E-state index is 12.7. The van der Waals surface area contributed by atoms with Crippen molar-refractivity contribution in [1.82, 2.24) is 0 Å². The predicted octanol–water partition coefficient (Wildman–Crippen LogP) is 2.32. The first-order chi connectivity index (χ1) is 6.59. The van der Waals surface area contributed by atoms with E-state index in [0.717, 1.165) is 6.07 Å². The van der Waals surface area contributed by atoms with Crippen molar-refractivity contribution in [2.24, 2.45) is 0 Å². The van der Waals surface area contributed by atoms with Gasteiger partial charge in [-0.1, -0.05) is 6.07 Å². The van der Waals surface area contributed by atoms with Crippen LogP contribution in [0.5, 0.6) is 0 Å². The van der Waals surface area contributed by atoms with Gasteiger partial charge in [-0.15, -0.1) is 0 Å². The molecule has 0 aliphatic carbocycles. The predicted molar refractivity (Wildman–Crippen MR) is 48.0 cm³/mol. The maximum Gasteiger partial charge on any atom is 0.373 e. The summed E-state index contributed by atoms with van der Waals surface area (Å²) in [7, 11) is 0. The highest BCUT2D eigenvalue weighted by Crippen LogP contribution is 2.06. The second kappa shape index (κ2) is 4.72. The Bertz CT molecular complexity index is 323. The molecule has 0 saturated heterocycles. The van der Waals surface area contributed by atoms with Gasteiger partial charge >= 0.3 is 5.97 Å². The molecule has 0 spiro atoms. The molecule has 1 aromatic rings. The number of carbonyl (C=O) groups is 1. The van der Waals surface area contributed by atoms with Crippen LogP contribution in [0.4, 0.5) is 4.39 Å². The second-order valence-electron chi connectivity index (χ2n) is 3.03. The molecule has 0 aliphatic rings. The topological polar surface area (TPSA) is 35.5 Å². The van der Waals surface area contributed by atoms with Gasteiger partial charge in [-0.25, -0.2) is 9.18 Å². The number of rotatable bonds is 3. The molecule has 0 aliphatic heterocycles. The van der Waals surface area contributed by atoms with Gasteiger partial charge in [-0.2, -0.15) is 4.89 Å². The van der Waals surface area contributed by atoms with Crippen molar-refractivity contribution in [3.05, 3.63) is 35.6 Å². The van der Waals surface area contributed by atoms with Gasteiger partial charge in [0.2, 0.25) is 0 Å². The zero-order valence-corrected chi connectivity index (χ0v) is 7.99. The van der Waals surface area contributed by atoms with Crippen LogP contribution in [0.15, 0.2) is 24.3 Å². The van der Waals surface area contributed by atoms with Crippen molar-refractivity contribution in [2.45, 2.75) is 20.0 Å². The van der Waals surface area contributed by atoms with Crippen LogP contribution < -0.4 is 0 Å². The second-order valence-corrected chi connectivity index (χ2v) is 3.03. The molecule has 4 heteroatoms. The Labute approximate surface area is 81.4 Å². The van der Waals surface area contributed by atoms with Crippen LogP contribution >= 0.6 is 0 Å². The monoisotopic (exact) mass is 198 g/mol. The lowest BCUT2D eigenvalue weighted by Crippen LogP contribution is -2.10. The SMILES string of the molecule is CC(C)OOC(=O)c1cccc(F)c1. The average molecular weight is 198 g/mol. The van der Waals surface area contributed by atoms with Gasteiger partial charge in [0.1, 0.15) is 5.82 Å². The molecular formula is C10H11FO3. The van der Waals surface area contributed by atoms with E-state index in [2.05, 4.69) is 9.78 Å². The van der Waals surface area contributed by atoms with Gasteiger partial charge in [-0.05, 0) is 32.0 Å². The average Bonchev–Trinajstić information content (AvgIpc) is 2.14. The van der Waals surface area contributed by atoms with E-state index >= 15 is 0 Å². The van der Waals surface area contributed by atoms with Crippen LogP contribution in [-0.2, 0) is 9.78 Å². The van der Waals surface area contributed by atoms with Gasteiger partial charge in [0, 0.05) is 0 Å². The molecule has 0 bridgehead atoms. The first-order valence-corrected chi connectivity index (χ1v) is 4.23. The van der Waals surface area contributed by atoms with Crippen molar-refractivity contribution >= 4 is 5.97 Å². The Morgan fingerprint density at radius 1 is 1.43 bits per heavy atom. The molecule has 0 atom stereocenters. The minimum Gasteiger partial charge on any atom is -0.293 e. The number of halogens is 1. The van der Waals surface area contributed by atoms with Gasteiger partial charge in [0.15, 0.2) is 0 Å². The third kappa shape index (κ3) is 3.14. The summed E-state index contributed by atoms with van der Waals surface area (Å²) in [5.41, 5.74) is 0.130. The molecule has 0 unspecified atom stereocenters. The number of hydrogen-bond acceptors (Lipinski definition) is 3. The molecule has 0 aromatic heterocycles. The van der Waals surface area contributed by atoms with Crippen molar-refractivity contribution in [3.8, 4) is 0 Å². The summed E-state index contributed by atoms with van der Waals surface area (Å²) in [5, 5.41) is 0. The Kier molecular flexibility index (Phi) is 3.59. The van der Waals surface area contributed by atoms with E-state index in [9.17, 15) is 9.18 Å². The Balaban J connectivity index is 2.61. The first kappa shape index (κ1) is 10.7. The molecule has 3 nitrogen and oxygen atoms in total. The van der Waals surface area contributed by atoms with Crippen LogP contribution in [0.2, 0.25) is 0 Å². The fourth-order valence-corrected chi connectivity index (χ4v) is 0.803. The third-order valence-electron chi connectivity index (χ3n) is 1.38. The summed E-state index contributed by atoms with van der Waals surface area (Å²) in [4.78, 5) is 20.3. The van der Waals surface area contributed by atoms with E-state index < -0.39 is 11.8 Å². The summed E-state index contributed by atoms with van der Waals surface area (Å²) in [5.74, 6) is -1.18. The summed E-state index contributed by atoms with van der Waals surface area (Å²) >= 11 is 0. The molecule has 0 amide bonds. The van der Waals surface area contributed by atoms with Gasteiger partial charge in [0.25, 0.3) is 0 Å². The van der Waals surface area contributed by atoms with Gasteiger partial charge < -0.3 is 0 Å². The summed E-state index contributed by atoms with van der Waals surface area (Å²) in [6.07, 6.45) is -0.215. The first-order valence-electron chi connectivity index (χ1n) is 4.23. The summed E-state index contributed by atoms with van der Waals surface area (Å²) in [6.45, 7) is 3.44. The Morgan fingerprint density at radius 2 is 2.14 bits per heavy atom. The minimum absolute atomic E-state index is 0.130. The lowest BCUT2D eigenvalue weighted by Gasteiger charge is -2.05. The zero-order chi connectivity index (χ0) is 10.6. The van der Waals surface area contributed by atoms with Crippen LogP contribution in [0.25, 0.3) is 0 Å². The molecule has 0 N–H and O–H groups in total. The van der Waals surface area contributed by atoms with E-state index in [1.165, 1.54) is 18.2 Å². The maximum absolute atomic E-state index is 12.7. The van der Waals surface area contributed by atoms with Crippen molar-refractivity contribution in [3.63, 3.8) is 0 Å². The molecule has 1 aromatic carbocycles. The molecule has 14 heavy (non-hydrogen) atoms. The quantitative estimate of drug-likeness (QED) is 0.552. The van der Waals surface area contributed by atoms with E-state index in [-0.39, 0.29) is 11.7 Å². The number of carbonyl (C=O) groups excluding carboxylic acids is 1. The smallest absolute Gasteiger partial charge is 0.293 e. The van der Waals surface area contributed by atoms with Crippen LogP contribution in [0.3, 0.4) is 0 Å². The number of hydrogen-bond donors (Lipinski definition) is 0. The Morgan fingerprint density at radius 3 is 2.71 bits per heavy atom. The highest BCUT2D eigenvalue weighted by molar-refractivity contribution is 5.88. The molecule has 0 fully saturated rings. The van der Waals surface area contributed by atoms with E-state index in [1.54, 1.807) is 13.8 Å². The van der Waals surface area contributed by atoms with Crippen molar-refractivity contribution in [2.75, 3.05) is 0 Å². The lowest BCUT2D eigenvalue weighted by atomic mass is 10.2. The zero-order valence-electron chi connectivity index (χ0n) is 7.99. The normalized spacial score (nSPS) is 10.3. The highest BCUT2D eigenvalue weighted by atomic mass is 19.1. The fraction of sp³-hybridized carbons (Fsp3) is 0.300. The van der Waals surface area contributed by atoms with Crippen LogP contribution in [-0.4, -0.2) is 12.1 Å². The molecular weight excluding hydrogens is 187 g/mol. The molecule has 1 rings (SSSR count). The summed E-state index contributed by atoms with van der Waals surface area (Å²) < 4.78 is 12.7. The van der Waals surface area contributed by atoms with Gasteiger partial charge in [0.05, 0.1) is 11.7 Å². The molecule has 0 saturated carbocycles. The lowest BCUT2D eigenvalue weighted by molar-refractivity contribution is -0.265. The fourth-order valence-electron chi connectivity index (χ4n) is 0.803. The van der Waals surface area contributed by atoms with Crippen molar-refractivity contribution < 1.29 is 19.0 Å². The largest absolute Gasteiger partial charge is 0.373 e. The molecule has 0 radical (unpaired) electrons. The van der Waals surface area contributed by atoms with E-state index in [1.807, 2.05) is 0 Å². The van der Waals surface area contributed by atoms with E-state index in [0.29, 0.717) is 0 Å². The Hall–Kier alpha value is -1.42. The molecule has 0 heterocycles. The van der Waals surface area contributed by atoms with E-state index in [4.69, 9.17) is 0 Å². The van der Waals surface area contributed by atoms with Gasteiger partial charge in [-0.3, -0.25) is 4.89 Å². The number of benzene rings is 1. The third-order valence-corrected chi connectivity index (χ3v) is 1.38. The standard InChI is InChI=1S/C10H11FO3/c1-7(2)13-14-10(12)8-4-3-5-9(11)6-8/h3-7H,1-2H3. The van der Waals surface area contributed by atoms with Crippen LogP contribution in [0, 0.1) is 5.82 Å². The van der Waals surface area contributed by atoms with Crippen molar-refractivity contribution in [1.29, 1.82) is 0 Å².